The summed E-state index contributed by atoms with van der Waals surface area (Å²) in [6.07, 6.45) is 5.19. The third-order valence-corrected chi connectivity index (χ3v) is 2.94. The highest BCUT2D eigenvalue weighted by atomic mass is 32.2. The first kappa shape index (κ1) is 10.1. The van der Waals surface area contributed by atoms with Gasteiger partial charge in [0.2, 0.25) is 0 Å². The molecule has 0 atom stereocenters. The van der Waals surface area contributed by atoms with Crippen molar-refractivity contribution in [2.24, 2.45) is 4.99 Å². The van der Waals surface area contributed by atoms with Gasteiger partial charge in [-0.25, -0.2) is 0 Å². The van der Waals surface area contributed by atoms with Crippen LogP contribution in [0.15, 0.2) is 4.99 Å². The predicted octanol–water partition coefficient (Wildman–Crippen LogP) is 3.49. The molecule has 0 aromatic heterocycles. The maximum absolute atomic E-state index is 4.59. The smallest absolute Gasteiger partial charge is 0.0681 e. The minimum atomic E-state index is 0.336. The lowest BCUT2D eigenvalue weighted by molar-refractivity contribution is 0.731. The Morgan fingerprint density at radius 2 is 1.92 bits per heavy atom. The van der Waals surface area contributed by atoms with Crippen LogP contribution in [0, 0.1) is 0 Å². The predicted molar refractivity (Wildman–Crippen MR) is 58.1 cm³/mol. The molecule has 1 aliphatic rings. The van der Waals surface area contributed by atoms with Gasteiger partial charge in [-0.05, 0) is 19.3 Å². The van der Waals surface area contributed by atoms with Gasteiger partial charge in [-0.2, -0.15) is 0 Å². The van der Waals surface area contributed by atoms with Gasteiger partial charge in [-0.15, -0.1) is 11.8 Å². The maximum atomic E-state index is 4.59. The first-order valence-corrected chi connectivity index (χ1v) is 5.62. The van der Waals surface area contributed by atoms with E-state index in [1.54, 1.807) is 0 Å². The molecule has 0 bridgehead atoms. The molecule has 0 amide bonds. The summed E-state index contributed by atoms with van der Waals surface area (Å²) in [5.41, 5.74) is 0. The zero-order valence-corrected chi connectivity index (χ0v) is 9.21. The molecule has 1 nitrogen and oxygen atoms in total. The molecule has 0 spiro atoms. The van der Waals surface area contributed by atoms with E-state index in [2.05, 4.69) is 25.8 Å². The van der Waals surface area contributed by atoms with Crippen LogP contribution in [0.3, 0.4) is 0 Å². The first-order chi connectivity index (χ1) is 5.58. The molecule has 0 aromatic rings. The topological polar surface area (TPSA) is 12.4 Å². The van der Waals surface area contributed by atoms with Crippen molar-refractivity contribution in [1.29, 1.82) is 0 Å². The summed E-state index contributed by atoms with van der Waals surface area (Å²) in [5.74, 6) is 0. The summed E-state index contributed by atoms with van der Waals surface area (Å²) in [6, 6.07) is 0. The van der Waals surface area contributed by atoms with Gasteiger partial charge in [0.15, 0.2) is 0 Å². The van der Waals surface area contributed by atoms with Crippen molar-refractivity contribution >= 4 is 16.8 Å². The van der Waals surface area contributed by atoms with E-state index >= 15 is 0 Å². The Morgan fingerprint density at radius 3 is 2.58 bits per heavy atom. The van der Waals surface area contributed by atoms with Crippen molar-refractivity contribution in [3.63, 3.8) is 0 Å². The molecule has 1 rings (SSSR count). The van der Waals surface area contributed by atoms with E-state index < -0.39 is 0 Å². The molecule has 0 saturated heterocycles. The first-order valence-electron chi connectivity index (χ1n) is 4.80. The normalized spacial score (nSPS) is 20.1. The van der Waals surface area contributed by atoms with Crippen molar-refractivity contribution in [1.82, 2.24) is 0 Å². The van der Waals surface area contributed by atoms with E-state index in [9.17, 15) is 0 Å². The summed E-state index contributed by atoms with van der Waals surface area (Å²) in [5, 5.41) is 1.38. The number of thioether (sulfide) groups is 1. The van der Waals surface area contributed by atoms with E-state index in [1.165, 1.54) is 30.7 Å². The number of hydrogen-bond acceptors (Lipinski definition) is 2. The highest BCUT2D eigenvalue weighted by molar-refractivity contribution is 8.15. The van der Waals surface area contributed by atoms with E-state index in [4.69, 9.17) is 0 Å². The Morgan fingerprint density at radius 1 is 1.17 bits per heavy atom. The minimum Gasteiger partial charge on any atom is -0.283 e. The van der Waals surface area contributed by atoms with Crippen molar-refractivity contribution in [3.8, 4) is 0 Å². The van der Waals surface area contributed by atoms with Gasteiger partial charge in [0.1, 0.15) is 0 Å². The number of aliphatic imine (C=N–C) groups is 1. The van der Waals surface area contributed by atoms with Crippen LogP contribution in [0.4, 0.5) is 0 Å². The highest BCUT2D eigenvalue weighted by Gasteiger charge is 2.15. The molecule has 0 radical (unpaired) electrons. The van der Waals surface area contributed by atoms with Crippen LogP contribution in [0.2, 0.25) is 0 Å². The van der Waals surface area contributed by atoms with Gasteiger partial charge in [-0.1, -0.05) is 27.2 Å². The molecule has 0 unspecified atom stereocenters. The SMILES string of the molecule is CC(C)(C)SC1=NCCCCC1. The number of hydrogen-bond donors (Lipinski definition) is 0. The molecular formula is C10H19NS. The molecule has 12 heavy (non-hydrogen) atoms. The third kappa shape index (κ3) is 4.15. The molecule has 0 aromatic carbocycles. The second-order valence-corrected chi connectivity index (χ2v) is 6.20. The zero-order chi connectivity index (χ0) is 9.03. The highest BCUT2D eigenvalue weighted by Crippen LogP contribution is 2.28. The summed E-state index contributed by atoms with van der Waals surface area (Å²) in [6.45, 7) is 7.82. The summed E-state index contributed by atoms with van der Waals surface area (Å²) >= 11 is 1.94. The van der Waals surface area contributed by atoms with Crippen LogP contribution in [0.5, 0.6) is 0 Å². The average molecular weight is 185 g/mol. The van der Waals surface area contributed by atoms with Crippen LogP contribution < -0.4 is 0 Å². The van der Waals surface area contributed by atoms with E-state index in [1.807, 2.05) is 11.8 Å². The molecule has 0 aliphatic carbocycles. The Kier molecular flexibility index (Phi) is 3.63. The Balaban J connectivity index is 2.44. The van der Waals surface area contributed by atoms with Crippen LogP contribution in [-0.4, -0.2) is 16.3 Å². The lowest BCUT2D eigenvalue weighted by Crippen LogP contribution is -2.11. The van der Waals surface area contributed by atoms with Crippen LogP contribution >= 0.6 is 11.8 Å². The lowest BCUT2D eigenvalue weighted by atomic mass is 10.2. The third-order valence-electron chi connectivity index (χ3n) is 1.76. The fourth-order valence-electron chi connectivity index (χ4n) is 1.28. The van der Waals surface area contributed by atoms with Crippen molar-refractivity contribution < 1.29 is 0 Å². The van der Waals surface area contributed by atoms with Gasteiger partial charge >= 0.3 is 0 Å². The van der Waals surface area contributed by atoms with Crippen LogP contribution in [0.1, 0.15) is 46.5 Å². The van der Waals surface area contributed by atoms with Gasteiger partial charge in [0.25, 0.3) is 0 Å². The quantitative estimate of drug-likeness (QED) is 0.562. The standard InChI is InChI=1S/C10H19NS/c1-10(2,3)12-9-7-5-4-6-8-11-9/h4-8H2,1-3H3. The Bertz CT molecular complexity index is 167. The molecular weight excluding hydrogens is 166 g/mol. The van der Waals surface area contributed by atoms with E-state index in [-0.39, 0.29) is 0 Å². The summed E-state index contributed by atoms with van der Waals surface area (Å²) in [4.78, 5) is 4.59. The second-order valence-electron chi connectivity index (χ2n) is 4.30. The second kappa shape index (κ2) is 4.31. The van der Waals surface area contributed by atoms with Gasteiger partial charge in [-0.3, -0.25) is 4.99 Å². The van der Waals surface area contributed by atoms with Crippen LogP contribution in [0.25, 0.3) is 0 Å². The summed E-state index contributed by atoms with van der Waals surface area (Å²) in [7, 11) is 0. The van der Waals surface area contributed by atoms with E-state index in [0.29, 0.717) is 4.75 Å². The molecule has 2 heteroatoms. The fraction of sp³-hybridized carbons (Fsp3) is 0.900. The average Bonchev–Trinajstić information content (AvgIpc) is 2.12. The number of nitrogens with zero attached hydrogens (tertiary/aromatic N) is 1. The van der Waals surface area contributed by atoms with Crippen molar-refractivity contribution in [3.05, 3.63) is 0 Å². The van der Waals surface area contributed by atoms with E-state index in [0.717, 1.165) is 6.54 Å². The maximum Gasteiger partial charge on any atom is 0.0681 e. The summed E-state index contributed by atoms with van der Waals surface area (Å²) < 4.78 is 0.336. The molecule has 1 heterocycles. The minimum absolute atomic E-state index is 0.336. The fourth-order valence-corrected chi connectivity index (χ4v) is 2.39. The van der Waals surface area contributed by atoms with Crippen molar-refractivity contribution in [2.45, 2.75) is 51.2 Å². The van der Waals surface area contributed by atoms with Crippen LogP contribution in [-0.2, 0) is 0 Å². The molecule has 0 saturated carbocycles. The molecule has 1 aliphatic heterocycles. The zero-order valence-electron chi connectivity index (χ0n) is 8.39. The largest absolute Gasteiger partial charge is 0.283 e. The Labute approximate surface area is 80.0 Å². The number of rotatable bonds is 0. The Hall–Kier alpha value is 0.0200. The molecule has 0 N–H and O–H groups in total. The van der Waals surface area contributed by atoms with Gasteiger partial charge < -0.3 is 0 Å². The monoisotopic (exact) mass is 185 g/mol. The molecule has 70 valence electrons. The lowest BCUT2D eigenvalue weighted by Gasteiger charge is -2.18. The van der Waals surface area contributed by atoms with Crippen molar-refractivity contribution in [2.75, 3.05) is 6.54 Å². The molecule has 0 fully saturated rings. The van der Waals surface area contributed by atoms with Gasteiger partial charge in [0, 0.05) is 11.3 Å². The van der Waals surface area contributed by atoms with Gasteiger partial charge in [0.05, 0.1) is 5.04 Å².